The number of alkyl halides is 3. The number of amides is 2. The topological polar surface area (TPSA) is 56.8 Å². The Morgan fingerprint density at radius 2 is 1.45 bits per heavy atom. The molecule has 2 amide bonds. The van der Waals surface area contributed by atoms with Crippen LogP contribution < -0.4 is 20.3 Å². The van der Waals surface area contributed by atoms with Crippen LogP contribution in [0.2, 0.25) is 0 Å². The molecular weight excluding hydrogens is 517 g/mol. The number of nitrogens with one attached hydrogen (secondary N) is 2. The second-order valence-corrected chi connectivity index (χ2v) is 11.9. The number of halogens is 3. The van der Waals surface area contributed by atoms with E-state index in [2.05, 4.69) is 70.2 Å². The van der Waals surface area contributed by atoms with Crippen LogP contribution in [0.25, 0.3) is 0 Å². The van der Waals surface area contributed by atoms with Crippen molar-refractivity contribution in [2.24, 2.45) is 5.41 Å². The molecule has 0 radical (unpaired) electrons. The van der Waals surface area contributed by atoms with Gasteiger partial charge in [0.2, 0.25) is 0 Å². The van der Waals surface area contributed by atoms with Gasteiger partial charge >= 0.3 is 12.4 Å². The number of carbonyl (C=O) groups is 1. The molecule has 1 spiro atoms. The molecule has 0 aromatic heterocycles. The quantitative estimate of drug-likeness (QED) is 0.340. The summed E-state index contributed by atoms with van der Waals surface area (Å²) in [7, 11) is 0. The third kappa shape index (κ3) is 6.53. The van der Waals surface area contributed by atoms with Crippen molar-refractivity contribution in [1.29, 1.82) is 0 Å². The SMILES string of the molecule is CC(C)(C)CN1CCC2(CC1)CN(c1ccc(NC(=O)Nc3ccc(OC(F)(F)F)cc3)cc1)c1ccccc12. The minimum absolute atomic E-state index is 0.127. The standard InChI is InChI=1S/C31H35F3N4O2/c1-29(2,3)20-37-18-16-30(17-19-37)21-38(27-7-5-4-6-26(27)30)24-12-8-22(9-13-24)35-28(39)36-23-10-14-25(15-11-23)40-31(32,33)34/h4-15H,16-21H2,1-3H3,(H2,35,36,39). The Bertz CT molecular complexity index is 1330. The second kappa shape index (κ2) is 10.7. The number of anilines is 4. The molecule has 2 aliphatic heterocycles. The van der Waals surface area contributed by atoms with Gasteiger partial charge in [-0.3, -0.25) is 0 Å². The Kier molecular flexibility index (Phi) is 7.44. The molecule has 0 bridgehead atoms. The van der Waals surface area contributed by atoms with E-state index in [1.54, 1.807) is 0 Å². The predicted octanol–water partition coefficient (Wildman–Crippen LogP) is 7.76. The molecule has 1 fully saturated rings. The molecule has 9 heteroatoms. The number of likely N-dealkylation sites (tertiary alicyclic amines) is 1. The first-order valence-electron chi connectivity index (χ1n) is 13.5. The normalized spacial score (nSPS) is 17.0. The van der Waals surface area contributed by atoms with Gasteiger partial charge in [0.05, 0.1) is 0 Å². The van der Waals surface area contributed by atoms with Crippen LogP contribution in [0.15, 0.2) is 72.8 Å². The van der Waals surface area contributed by atoms with Gasteiger partial charge in [0.1, 0.15) is 5.75 Å². The van der Waals surface area contributed by atoms with Gasteiger partial charge in [-0.15, -0.1) is 13.2 Å². The third-order valence-electron chi connectivity index (χ3n) is 7.52. The summed E-state index contributed by atoms with van der Waals surface area (Å²) in [5.74, 6) is -0.352. The molecule has 2 N–H and O–H groups in total. The van der Waals surface area contributed by atoms with Gasteiger partial charge in [0.15, 0.2) is 0 Å². The van der Waals surface area contributed by atoms with Crippen molar-refractivity contribution in [3.05, 3.63) is 78.4 Å². The van der Waals surface area contributed by atoms with E-state index in [9.17, 15) is 18.0 Å². The maximum Gasteiger partial charge on any atom is 0.573 e. The molecule has 5 rings (SSSR count). The van der Waals surface area contributed by atoms with Gasteiger partial charge < -0.3 is 25.2 Å². The van der Waals surface area contributed by atoms with Crippen molar-refractivity contribution in [2.45, 2.75) is 45.4 Å². The number of fused-ring (bicyclic) bond motifs is 2. The number of rotatable bonds is 5. The van der Waals surface area contributed by atoms with Crippen LogP contribution in [-0.2, 0) is 5.41 Å². The Hall–Kier alpha value is -3.72. The molecule has 6 nitrogen and oxygen atoms in total. The Morgan fingerprint density at radius 3 is 2.02 bits per heavy atom. The maximum atomic E-state index is 12.5. The molecule has 1 saturated heterocycles. The molecular formula is C31H35F3N4O2. The first-order chi connectivity index (χ1) is 18.9. The van der Waals surface area contributed by atoms with E-state index in [-0.39, 0.29) is 16.6 Å². The van der Waals surface area contributed by atoms with E-state index in [0.29, 0.717) is 11.4 Å². The minimum atomic E-state index is -4.76. The van der Waals surface area contributed by atoms with E-state index in [1.165, 1.54) is 23.4 Å². The first kappa shape index (κ1) is 27.8. The fourth-order valence-electron chi connectivity index (χ4n) is 5.86. The van der Waals surface area contributed by atoms with Crippen LogP contribution in [0.3, 0.4) is 0 Å². The van der Waals surface area contributed by atoms with Crippen molar-refractivity contribution < 1.29 is 22.7 Å². The highest BCUT2D eigenvalue weighted by Crippen LogP contribution is 2.49. The number of hydrogen-bond acceptors (Lipinski definition) is 4. The summed E-state index contributed by atoms with van der Waals surface area (Å²) in [4.78, 5) is 17.4. The summed E-state index contributed by atoms with van der Waals surface area (Å²) >= 11 is 0. The van der Waals surface area contributed by atoms with Gasteiger partial charge in [-0.2, -0.15) is 0 Å². The van der Waals surface area contributed by atoms with Crippen molar-refractivity contribution in [3.63, 3.8) is 0 Å². The lowest BCUT2D eigenvalue weighted by molar-refractivity contribution is -0.274. The van der Waals surface area contributed by atoms with E-state index >= 15 is 0 Å². The molecule has 0 atom stereocenters. The van der Waals surface area contributed by atoms with E-state index < -0.39 is 12.4 Å². The van der Waals surface area contributed by atoms with Gasteiger partial charge in [-0.05, 0) is 91.5 Å². The number of benzene rings is 3. The number of para-hydroxylation sites is 1. The molecule has 0 aliphatic carbocycles. The fraction of sp³-hybridized carbons (Fsp3) is 0.387. The summed E-state index contributed by atoms with van der Waals surface area (Å²) in [6.07, 6.45) is -2.51. The highest BCUT2D eigenvalue weighted by molar-refractivity contribution is 5.99. The second-order valence-electron chi connectivity index (χ2n) is 11.9. The number of piperidine rings is 1. The molecule has 2 aliphatic rings. The smallest absolute Gasteiger partial charge is 0.406 e. The minimum Gasteiger partial charge on any atom is -0.406 e. The van der Waals surface area contributed by atoms with Crippen LogP contribution >= 0.6 is 0 Å². The average Bonchev–Trinajstić information content (AvgIpc) is 3.20. The summed E-state index contributed by atoms with van der Waals surface area (Å²) in [6.45, 7) is 11.1. The molecule has 3 aromatic carbocycles. The molecule has 3 aromatic rings. The highest BCUT2D eigenvalue weighted by Gasteiger charge is 2.45. The largest absolute Gasteiger partial charge is 0.573 e. The Labute approximate surface area is 233 Å². The number of hydrogen-bond donors (Lipinski definition) is 2. The third-order valence-corrected chi connectivity index (χ3v) is 7.52. The number of nitrogens with zero attached hydrogens (tertiary/aromatic N) is 2. The van der Waals surface area contributed by atoms with Crippen molar-refractivity contribution in [1.82, 2.24) is 4.90 Å². The summed E-state index contributed by atoms with van der Waals surface area (Å²) < 4.78 is 40.9. The zero-order chi connectivity index (χ0) is 28.5. The van der Waals surface area contributed by atoms with Crippen LogP contribution in [0, 0.1) is 5.41 Å². The van der Waals surface area contributed by atoms with Crippen LogP contribution in [0.4, 0.5) is 40.7 Å². The monoisotopic (exact) mass is 552 g/mol. The summed E-state index contributed by atoms with van der Waals surface area (Å²) in [6, 6.07) is 20.9. The molecule has 0 saturated carbocycles. The van der Waals surface area contributed by atoms with E-state index in [1.807, 2.05) is 24.3 Å². The number of carbonyl (C=O) groups excluding carboxylic acids is 1. The lowest BCUT2D eigenvalue weighted by atomic mass is 9.74. The Balaban J connectivity index is 1.22. The van der Waals surface area contributed by atoms with Gasteiger partial charge in [-0.25, -0.2) is 4.79 Å². The first-order valence-corrected chi connectivity index (χ1v) is 13.5. The summed E-state index contributed by atoms with van der Waals surface area (Å²) in [5, 5.41) is 5.39. The maximum absolute atomic E-state index is 12.5. The highest BCUT2D eigenvalue weighted by atomic mass is 19.4. The van der Waals surface area contributed by atoms with Crippen molar-refractivity contribution in [2.75, 3.05) is 41.7 Å². The van der Waals surface area contributed by atoms with Gasteiger partial charge in [0.25, 0.3) is 0 Å². The van der Waals surface area contributed by atoms with Gasteiger partial charge in [0, 0.05) is 41.3 Å². The molecule has 212 valence electrons. The lowest BCUT2D eigenvalue weighted by Gasteiger charge is -2.42. The molecule has 2 heterocycles. The molecule has 0 unspecified atom stereocenters. The number of urea groups is 1. The lowest BCUT2D eigenvalue weighted by Crippen LogP contribution is -2.46. The van der Waals surface area contributed by atoms with Crippen LogP contribution in [-0.4, -0.2) is 43.5 Å². The average molecular weight is 553 g/mol. The van der Waals surface area contributed by atoms with Crippen LogP contribution in [0.1, 0.15) is 39.2 Å². The fourth-order valence-corrected chi connectivity index (χ4v) is 5.86. The Morgan fingerprint density at radius 1 is 0.875 bits per heavy atom. The summed E-state index contributed by atoms with van der Waals surface area (Å²) in [5.41, 5.74) is 5.08. The van der Waals surface area contributed by atoms with Crippen LogP contribution in [0.5, 0.6) is 5.75 Å². The number of ether oxygens (including phenoxy) is 1. The molecule has 40 heavy (non-hydrogen) atoms. The van der Waals surface area contributed by atoms with Gasteiger partial charge in [-0.1, -0.05) is 39.0 Å². The zero-order valence-electron chi connectivity index (χ0n) is 23.0. The zero-order valence-corrected chi connectivity index (χ0v) is 23.0. The van der Waals surface area contributed by atoms with Crippen molar-refractivity contribution >= 4 is 28.8 Å². The van der Waals surface area contributed by atoms with E-state index in [0.717, 1.165) is 56.8 Å². The van der Waals surface area contributed by atoms with Crippen molar-refractivity contribution in [3.8, 4) is 5.75 Å². The van der Waals surface area contributed by atoms with E-state index in [4.69, 9.17) is 0 Å². The predicted molar refractivity (Wildman–Crippen MR) is 152 cm³/mol.